The molecule has 2 aliphatic carbocycles. The second kappa shape index (κ2) is 15.1. The number of nitrogens with one attached hydrogen (secondary N) is 1. The largest absolute Gasteiger partial charge is 0.504 e. The number of methoxy groups -OCH3 is 2. The number of nitrogens with zero attached hydrogens (tertiary/aromatic N) is 2. The Morgan fingerprint density at radius 3 is 2.07 bits per heavy atom. The van der Waals surface area contributed by atoms with Crippen molar-refractivity contribution in [3.05, 3.63) is 120 Å². The molecule has 3 fully saturated rings. The van der Waals surface area contributed by atoms with E-state index in [1.54, 1.807) is 36.4 Å². The normalized spacial score (nSPS) is 25.0. The summed E-state index contributed by atoms with van der Waals surface area (Å²) < 4.78 is 95.1. The summed E-state index contributed by atoms with van der Waals surface area (Å²) in [5.41, 5.74) is -2.08. The van der Waals surface area contributed by atoms with E-state index in [1.165, 1.54) is 38.5 Å². The quantitative estimate of drug-likeness (QED) is 0.0813. The second-order valence-electron chi connectivity index (χ2n) is 15.0. The van der Waals surface area contributed by atoms with Crippen molar-refractivity contribution in [2.75, 3.05) is 24.5 Å². The van der Waals surface area contributed by atoms with E-state index in [9.17, 15) is 41.0 Å². The maximum absolute atomic E-state index is 15.5. The van der Waals surface area contributed by atoms with Gasteiger partial charge in [-0.1, -0.05) is 47.0 Å². The minimum atomic E-state index is -5.26. The van der Waals surface area contributed by atoms with E-state index in [1.807, 2.05) is 22.6 Å². The summed E-state index contributed by atoms with van der Waals surface area (Å²) in [6.07, 6.45) is -9.34. The molecule has 0 spiro atoms. The molecule has 318 valence electrons. The van der Waals surface area contributed by atoms with Crippen LogP contribution in [0, 0.1) is 27.2 Å². The van der Waals surface area contributed by atoms with Gasteiger partial charge in [-0.15, -0.1) is 0 Å². The van der Waals surface area contributed by atoms with Gasteiger partial charge in [0.25, 0.3) is 11.8 Å². The number of hydrazine groups is 1. The van der Waals surface area contributed by atoms with Crippen molar-refractivity contribution in [2.45, 2.75) is 36.5 Å². The van der Waals surface area contributed by atoms with Crippen molar-refractivity contribution in [1.29, 1.82) is 0 Å². The van der Waals surface area contributed by atoms with Crippen LogP contribution in [0.2, 0.25) is 10.0 Å². The number of allylic oxidation sites excluding steroid dienone is 2. The molecule has 2 aliphatic heterocycles. The number of carbonyl (C=O) groups excluding carboxylic acids is 4. The molecule has 0 unspecified atom stereocenters. The molecule has 2 N–H and O–H groups in total. The smallest absolute Gasteiger partial charge is 0.416 e. The SMILES string of the molecule is COc1ccc([C@@]23C(=O)N(Nc4ccc(Cl)cc4Cl)C(=O)[C@@H]2C[C@@H]2C(=CC[C@@H]4C(=O)N(c5cc(C(F)(F)F)cc(C(F)(F)F)c5)C(=O)[C@@H]42)[C@@H]3c2cc(I)c(O)c(OC)c2)cc1. The predicted molar refractivity (Wildman–Crippen MR) is 217 cm³/mol. The highest BCUT2D eigenvalue weighted by Crippen LogP contribution is 2.65. The van der Waals surface area contributed by atoms with Crippen LogP contribution < -0.4 is 19.8 Å². The van der Waals surface area contributed by atoms with Crippen LogP contribution in [0.5, 0.6) is 17.2 Å². The number of alkyl halides is 6. The summed E-state index contributed by atoms with van der Waals surface area (Å²) in [5.74, 6) is -9.55. The number of phenols is 1. The Morgan fingerprint density at radius 1 is 0.820 bits per heavy atom. The van der Waals surface area contributed by atoms with Gasteiger partial charge in [0.1, 0.15) is 5.75 Å². The van der Waals surface area contributed by atoms with Gasteiger partial charge in [-0.25, -0.2) is 4.90 Å². The Morgan fingerprint density at radius 2 is 1.48 bits per heavy atom. The van der Waals surface area contributed by atoms with E-state index in [2.05, 4.69) is 5.43 Å². The molecule has 4 aliphatic rings. The van der Waals surface area contributed by atoms with E-state index in [0.29, 0.717) is 39.5 Å². The summed E-state index contributed by atoms with van der Waals surface area (Å²) in [4.78, 5) is 59.7. The van der Waals surface area contributed by atoms with E-state index in [4.69, 9.17) is 32.7 Å². The lowest BCUT2D eigenvalue weighted by Gasteiger charge is -2.50. The van der Waals surface area contributed by atoms with Crippen molar-refractivity contribution < 1.29 is 60.1 Å². The van der Waals surface area contributed by atoms with Crippen LogP contribution in [0.15, 0.2) is 84.4 Å². The van der Waals surface area contributed by atoms with Crippen LogP contribution in [-0.2, 0) is 36.9 Å². The fraction of sp³-hybridized carbons (Fsp3) is 0.286. The lowest BCUT2D eigenvalue weighted by molar-refractivity contribution is -0.143. The van der Waals surface area contributed by atoms with E-state index in [0.717, 1.165) is 5.01 Å². The summed E-state index contributed by atoms with van der Waals surface area (Å²) >= 11 is 14.5. The van der Waals surface area contributed by atoms with Crippen molar-refractivity contribution >= 4 is 80.8 Å². The fourth-order valence-electron chi connectivity index (χ4n) is 9.46. The third kappa shape index (κ3) is 6.77. The van der Waals surface area contributed by atoms with Gasteiger partial charge in [0, 0.05) is 10.9 Å². The Bertz CT molecular complexity index is 2540. The van der Waals surface area contributed by atoms with Crippen molar-refractivity contribution in [3.63, 3.8) is 0 Å². The van der Waals surface area contributed by atoms with Gasteiger partial charge in [0.15, 0.2) is 11.5 Å². The molecule has 4 aromatic rings. The van der Waals surface area contributed by atoms with Gasteiger partial charge in [0.2, 0.25) is 11.8 Å². The molecule has 10 nitrogen and oxygen atoms in total. The average molecular weight is 1000 g/mol. The standard InChI is InChI=1S/C42H30Cl2F6IN3O7/c1-60-24-6-3-19(4-7-24)40-28(37(57)54(39(40)59)52-31-10-5-22(43)16-29(31)44)17-27-25(34(40)18-11-30(51)35(55)32(12-18)61-2)8-9-26-33(27)38(58)53(36(26)56)23-14-20(41(45,46)47)13-21(15-23)42(48,49)50/h3-8,10-16,26-28,33-34,52,55H,9,17H2,1-2H3/t26-,27+,28-,33-,34-,40+/m0/s1. The molecule has 8 rings (SSSR count). The monoisotopic (exact) mass is 999 g/mol. The van der Waals surface area contributed by atoms with E-state index < -0.39 is 87.8 Å². The zero-order valence-electron chi connectivity index (χ0n) is 31.5. The maximum atomic E-state index is 15.5. The molecule has 0 aromatic heterocycles. The number of amides is 4. The molecule has 4 aromatic carbocycles. The number of halogens is 9. The highest BCUT2D eigenvalue weighted by atomic mass is 127. The summed E-state index contributed by atoms with van der Waals surface area (Å²) in [5, 5.41) is 12.1. The molecule has 6 atom stereocenters. The summed E-state index contributed by atoms with van der Waals surface area (Å²) in [7, 11) is 2.75. The molecule has 0 radical (unpaired) electrons. The molecule has 4 amide bonds. The molecule has 0 bridgehead atoms. The maximum Gasteiger partial charge on any atom is 0.416 e. The lowest BCUT2D eigenvalue weighted by atomic mass is 9.49. The predicted octanol–water partition coefficient (Wildman–Crippen LogP) is 9.55. The van der Waals surface area contributed by atoms with Gasteiger partial charge >= 0.3 is 12.4 Å². The van der Waals surface area contributed by atoms with Crippen LogP contribution in [0.25, 0.3) is 0 Å². The lowest BCUT2D eigenvalue weighted by Crippen LogP contribution is -2.53. The molecular weight excluding hydrogens is 970 g/mol. The number of imide groups is 2. The summed E-state index contributed by atoms with van der Waals surface area (Å²) in [6.45, 7) is 0. The van der Waals surface area contributed by atoms with Crippen LogP contribution in [0.1, 0.15) is 41.0 Å². The van der Waals surface area contributed by atoms with Crippen LogP contribution in [0.3, 0.4) is 0 Å². The Labute approximate surface area is 366 Å². The highest BCUT2D eigenvalue weighted by molar-refractivity contribution is 14.1. The third-order valence-corrected chi connectivity index (χ3v) is 13.4. The van der Waals surface area contributed by atoms with Gasteiger partial charge in [-0.05, 0) is 113 Å². The van der Waals surface area contributed by atoms with Crippen molar-refractivity contribution in [1.82, 2.24) is 5.01 Å². The fourth-order valence-corrected chi connectivity index (χ4v) is 10.5. The Kier molecular flexibility index (Phi) is 10.6. The Hall–Kier alpha value is -5.01. The van der Waals surface area contributed by atoms with Gasteiger partial charge in [0.05, 0.1) is 68.5 Å². The van der Waals surface area contributed by atoms with Crippen LogP contribution in [-0.4, -0.2) is 48.0 Å². The average Bonchev–Trinajstić information content (AvgIpc) is 3.59. The molecule has 1 saturated carbocycles. The number of aromatic hydroxyl groups is 1. The van der Waals surface area contributed by atoms with Gasteiger partial charge < -0.3 is 14.6 Å². The summed E-state index contributed by atoms with van der Waals surface area (Å²) in [6, 6.07) is 14.4. The number of hydrogen-bond acceptors (Lipinski definition) is 8. The first-order chi connectivity index (χ1) is 28.7. The van der Waals surface area contributed by atoms with E-state index in [-0.39, 0.29) is 49.7 Å². The van der Waals surface area contributed by atoms with E-state index >= 15 is 9.59 Å². The number of ether oxygens (including phenoxy) is 2. The molecule has 2 saturated heterocycles. The van der Waals surface area contributed by atoms with Crippen LogP contribution in [0.4, 0.5) is 37.7 Å². The van der Waals surface area contributed by atoms with Gasteiger partial charge in [-0.3, -0.25) is 24.6 Å². The second-order valence-corrected chi connectivity index (χ2v) is 17.0. The van der Waals surface area contributed by atoms with Gasteiger partial charge in [-0.2, -0.15) is 31.4 Å². The zero-order chi connectivity index (χ0) is 44.1. The van der Waals surface area contributed by atoms with Crippen LogP contribution >= 0.6 is 45.8 Å². The zero-order valence-corrected chi connectivity index (χ0v) is 35.2. The number of phenolic OH excluding ortho intramolecular Hbond substituents is 1. The number of carbonyl (C=O) groups is 4. The number of fused-ring (bicyclic) bond motifs is 4. The first-order valence-electron chi connectivity index (χ1n) is 18.4. The van der Waals surface area contributed by atoms with Crippen molar-refractivity contribution in [3.8, 4) is 17.2 Å². The molecule has 19 heteroatoms. The number of anilines is 2. The molecule has 2 heterocycles. The first kappa shape index (κ1) is 42.7. The Balaban J connectivity index is 1.34. The number of hydrogen-bond donors (Lipinski definition) is 2. The topological polar surface area (TPSA) is 125 Å². The number of rotatable bonds is 7. The minimum absolute atomic E-state index is 0.00255. The minimum Gasteiger partial charge on any atom is -0.504 e. The third-order valence-electron chi connectivity index (χ3n) is 12.0. The van der Waals surface area contributed by atoms with Crippen molar-refractivity contribution in [2.24, 2.45) is 23.7 Å². The molecular formula is C42H30Cl2F6IN3O7. The molecule has 61 heavy (non-hydrogen) atoms. The first-order valence-corrected chi connectivity index (χ1v) is 20.2. The number of benzene rings is 4. The highest BCUT2D eigenvalue weighted by Gasteiger charge is 2.70.